The monoisotopic (exact) mass is 224 g/mol. The first-order valence-electron chi connectivity index (χ1n) is 6.09. The zero-order valence-corrected chi connectivity index (χ0v) is 10.3. The van der Waals surface area contributed by atoms with Crippen molar-refractivity contribution < 1.29 is 0 Å². The number of aromatic nitrogens is 1. The van der Waals surface area contributed by atoms with Crippen LogP contribution in [0.25, 0.3) is 10.9 Å². The number of nitrogens with zero attached hydrogens (tertiary/aromatic N) is 1. The van der Waals surface area contributed by atoms with Crippen molar-refractivity contribution in [3.8, 4) is 12.0 Å². The Bertz CT molecular complexity index is 638. The van der Waals surface area contributed by atoms with Gasteiger partial charge in [-0.3, -0.25) is 0 Å². The number of benzene rings is 1. The summed E-state index contributed by atoms with van der Waals surface area (Å²) < 4.78 is 2.35. The van der Waals surface area contributed by atoms with E-state index in [0.717, 1.165) is 12.1 Å². The fraction of sp³-hybridized carbons (Fsp3) is 0.333. The highest BCUT2D eigenvalue weighted by atomic mass is 15.0. The number of hydrogen-bond donors (Lipinski definition) is 1. The van der Waals surface area contributed by atoms with Crippen LogP contribution >= 0.6 is 0 Å². The Balaban J connectivity index is 2.33. The summed E-state index contributed by atoms with van der Waals surface area (Å²) >= 11 is 0. The van der Waals surface area contributed by atoms with Gasteiger partial charge in [-0.05, 0) is 37.3 Å². The first-order chi connectivity index (χ1) is 8.29. The molecule has 0 fully saturated rings. The Labute approximate surface area is 102 Å². The lowest BCUT2D eigenvalue weighted by molar-refractivity contribution is 0.635. The Morgan fingerprint density at radius 3 is 3.06 bits per heavy atom. The Morgan fingerprint density at radius 1 is 1.35 bits per heavy atom. The van der Waals surface area contributed by atoms with Crippen LogP contribution in [-0.4, -0.2) is 11.6 Å². The van der Waals surface area contributed by atoms with Gasteiger partial charge in [0.25, 0.3) is 0 Å². The summed E-state index contributed by atoms with van der Waals surface area (Å²) in [6.07, 6.45) is 4.62. The van der Waals surface area contributed by atoms with Crippen LogP contribution in [0.3, 0.4) is 0 Å². The van der Waals surface area contributed by atoms with Gasteiger partial charge in [0.2, 0.25) is 0 Å². The van der Waals surface area contributed by atoms with E-state index in [4.69, 9.17) is 0 Å². The van der Waals surface area contributed by atoms with Crippen LogP contribution in [0, 0.1) is 18.9 Å². The van der Waals surface area contributed by atoms with Crippen molar-refractivity contribution in [3.05, 3.63) is 35.0 Å². The van der Waals surface area contributed by atoms with Crippen LogP contribution in [0.2, 0.25) is 0 Å². The number of rotatable bonds is 0. The molecule has 0 atom stereocenters. The molecule has 2 nitrogen and oxygen atoms in total. The van der Waals surface area contributed by atoms with E-state index in [1.807, 2.05) is 7.05 Å². The molecule has 17 heavy (non-hydrogen) atoms. The van der Waals surface area contributed by atoms with Crippen molar-refractivity contribution in [1.29, 1.82) is 0 Å². The highest BCUT2D eigenvalue weighted by Gasteiger charge is 2.15. The van der Waals surface area contributed by atoms with Gasteiger partial charge < -0.3 is 9.88 Å². The van der Waals surface area contributed by atoms with Gasteiger partial charge in [0, 0.05) is 31.2 Å². The summed E-state index contributed by atoms with van der Waals surface area (Å²) in [6.45, 7) is 3.28. The van der Waals surface area contributed by atoms with Crippen molar-refractivity contribution >= 4 is 10.9 Å². The van der Waals surface area contributed by atoms with Crippen molar-refractivity contribution in [3.63, 3.8) is 0 Å². The maximum atomic E-state index is 3.19. The molecular weight excluding hydrogens is 208 g/mol. The quantitative estimate of drug-likeness (QED) is 0.537. The van der Waals surface area contributed by atoms with Crippen LogP contribution in [-0.2, 0) is 13.0 Å². The molecule has 86 valence electrons. The van der Waals surface area contributed by atoms with Gasteiger partial charge in [0.15, 0.2) is 0 Å². The fourth-order valence-electron chi connectivity index (χ4n) is 2.72. The third-order valence-electron chi connectivity index (χ3n) is 3.36. The molecule has 0 saturated carbocycles. The van der Waals surface area contributed by atoms with E-state index in [0.29, 0.717) is 0 Å². The van der Waals surface area contributed by atoms with Crippen molar-refractivity contribution in [2.24, 2.45) is 0 Å². The lowest BCUT2D eigenvalue weighted by atomic mass is 10.00. The molecule has 2 aromatic rings. The lowest BCUT2D eigenvalue weighted by Crippen LogP contribution is -2.06. The number of aryl methyl sites for hydroxylation is 3. The average molecular weight is 224 g/mol. The van der Waals surface area contributed by atoms with Gasteiger partial charge in [0.05, 0.1) is 11.1 Å². The van der Waals surface area contributed by atoms with Crippen LogP contribution in [0.4, 0.5) is 0 Å². The summed E-state index contributed by atoms with van der Waals surface area (Å²) in [6, 6.07) is 7.50. The van der Waals surface area contributed by atoms with Gasteiger partial charge in [-0.2, -0.15) is 0 Å². The van der Waals surface area contributed by atoms with Crippen LogP contribution in [0.1, 0.15) is 23.1 Å². The molecule has 1 aromatic heterocycles. The van der Waals surface area contributed by atoms with E-state index in [-0.39, 0.29) is 0 Å². The van der Waals surface area contributed by atoms with Gasteiger partial charge in [-0.15, -0.1) is 0 Å². The van der Waals surface area contributed by atoms with Crippen LogP contribution in [0.15, 0.2) is 18.3 Å². The molecule has 1 N–H and O–H groups in total. The molecule has 2 heteroatoms. The highest BCUT2D eigenvalue weighted by molar-refractivity contribution is 5.90. The van der Waals surface area contributed by atoms with E-state index in [1.54, 1.807) is 0 Å². The number of nitrogens with one attached hydrogen (secondary N) is 1. The topological polar surface area (TPSA) is 17.0 Å². The SMILES string of the molecule is CNC#Cc1cn2c3c(cc(C)cc13)CCC2. The van der Waals surface area contributed by atoms with Gasteiger partial charge >= 0.3 is 0 Å². The predicted octanol–water partition coefficient (Wildman–Crippen LogP) is 2.42. The summed E-state index contributed by atoms with van der Waals surface area (Å²) in [5.41, 5.74) is 5.34. The summed E-state index contributed by atoms with van der Waals surface area (Å²) in [5.74, 6) is 3.19. The summed E-state index contributed by atoms with van der Waals surface area (Å²) in [7, 11) is 1.85. The van der Waals surface area contributed by atoms with E-state index in [9.17, 15) is 0 Å². The first kappa shape index (κ1) is 10.3. The smallest absolute Gasteiger partial charge is 0.0526 e. The second-order valence-corrected chi connectivity index (χ2v) is 4.66. The zero-order chi connectivity index (χ0) is 11.8. The molecule has 1 aromatic carbocycles. The Hall–Kier alpha value is -1.88. The van der Waals surface area contributed by atoms with E-state index in [2.05, 4.69) is 47.1 Å². The van der Waals surface area contributed by atoms with Crippen molar-refractivity contribution in [2.45, 2.75) is 26.3 Å². The van der Waals surface area contributed by atoms with E-state index in [1.165, 1.54) is 34.9 Å². The zero-order valence-electron chi connectivity index (χ0n) is 10.3. The third-order valence-corrected chi connectivity index (χ3v) is 3.36. The minimum Gasteiger partial charge on any atom is -0.349 e. The molecule has 0 unspecified atom stereocenters. The van der Waals surface area contributed by atoms with Crippen molar-refractivity contribution in [2.75, 3.05) is 7.05 Å². The molecule has 0 bridgehead atoms. The maximum absolute atomic E-state index is 3.19. The largest absolute Gasteiger partial charge is 0.349 e. The molecular formula is C15H16N2. The standard InChI is InChI=1S/C15H16N2/c1-11-8-12-4-3-7-17-10-13(5-6-16-2)14(9-11)15(12)17/h8-10,16H,3-4,7H2,1-2H3. The highest BCUT2D eigenvalue weighted by Crippen LogP contribution is 2.30. The lowest BCUT2D eigenvalue weighted by Gasteiger charge is -2.15. The minimum atomic E-state index is 1.12. The fourth-order valence-corrected chi connectivity index (χ4v) is 2.72. The molecule has 2 heterocycles. The molecule has 0 amide bonds. The predicted molar refractivity (Wildman–Crippen MR) is 70.9 cm³/mol. The molecule has 0 spiro atoms. The van der Waals surface area contributed by atoms with E-state index < -0.39 is 0 Å². The molecule has 0 aliphatic carbocycles. The molecule has 0 radical (unpaired) electrons. The van der Waals surface area contributed by atoms with Crippen molar-refractivity contribution in [1.82, 2.24) is 9.88 Å². The van der Waals surface area contributed by atoms with Gasteiger partial charge in [0.1, 0.15) is 0 Å². The van der Waals surface area contributed by atoms with Crippen LogP contribution in [0.5, 0.6) is 0 Å². The van der Waals surface area contributed by atoms with E-state index >= 15 is 0 Å². The molecule has 1 aliphatic heterocycles. The molecule has 1 aliphatic rings. The van der Waals surface area contributed by atoms with Gasteiger partial charge in [-0.25, -0.2) is 0 Å². The molecule has 0 saturated heterocycles. The van der Waals surface area contributed by atoms with Gasteiger partial charge in [-0.1, -0.05) is 11.6 Å². The molecule has 3 rings (SSSR count). The second-order valence-electron chi connectivity index (χ2n) is 4.66. The number of hydrogen-bond acceptors (Lipinski definition) is 1. The second kappa shape index (κ2) is 3.85. The third kappa shape index (κ3) is 1.59. The Morgan fingerprint density at radius 2 is 2.24 bits per heavy atom. The average Bonchev–Trinajstić information content (AvgIpc) is 2.66. The maximum Gasteiger partial charge on any atom is 0.0526 e. The minimum absolute atomic E-state index is 1.12. The normalized spacial score (nSPS) is 13.3. The Kier molecular flexibility index (Phi) is 2.33. The summed E-state index contributed by atoms with van der Waals surface area (Å²) in [4.78, 5) is 0. The summed E-state index contributed by atoms with van der Waals surface area (Å²) in [5, 5.41) is 4.19. The van der Waals surface area contributed by atoms with Crippen LogP contribution < -0.4 is 5.32 Å². The first-order valence-corrected chi connectivity index (χ1v) is 6.09.